The number of hydrogen-bond donors (Lipinski definition) is 0. The van der Waals surface area contributed by atoms with Crippen molar-refractivity contribution in [2.45, 2.75) is 33.1 Å². The van der Waals surface area contributed by atoms with Crippen LogP contribution >= 0.6 is 0 Å². The summed E-state index contributed by atoms with van der Waals surface area (Å²) in [7, 11) is 1.16. The fourth-order valence-electron chi connectivity index (χ4n) is 2.62. The van der Waals surface area contributed by atoms with Gasteiger partial charge in [-0.2, -0.15) is 0 Å². The normalized spacial score (nSPS) is 15.3. The van der Waals surface area contributed by atoms with Crippen LogP contribution in [0.5, 0.6) is 0 Å². The van der Waals surface area contributed by atoms with Crippen molar-refractivity contribution in [3.05, 3.63) is 34.9 Å². The number of nitrogens with zero attached hydrogens (tertiary/aromatic N) is 1. The first kappa shape index (κ1) is 17.8. The van der Waals surface area contributed by atoms with Crippen LogP contribution in [0.3, 0.4) is 0 Å². The van der Waals surface area contributed by atoms with Gasteiger partial charge >= 0.3 is 5.97 Å². The van der Waals surface area contributed by atoms with E-state index in [-0.39, 0.29) is 12.0 Å². The molecule has 1 aromatic rings. The number of rotatable bonds is 4. The summed E-state index contributed by atoms with van der Waals surface area (Å²) in [5, 5.41) is 0. The molecule has 0 radical (unpaired) electrons. The Morgan fingerprint density at radius 2 is 1.71 bits per heavy atom. The van der Waals surface area contributed by atoms with E-state index >= 15 is 0 Å². The van der Waals surface area contributed by atoms with Crippen LogP contribution in [0.1, 0.15) is 54.0 Å². The van der Waals surface area contributed by atoms with Crippen LogP contribution in [-0.4, -0.2) is 42.1 Å². The maximum atomic E-state index is 12.6. The van der Waals surface area contributed by atoms with Crippen LogP contribution in [0, 0.1) is 5.92 Å². The molecule has 1 unspecified atom stereocenters. The number of fused-ring (bicyclic) bond motifs is 1. The van der Waals surface area contributed by atoms with E-state index in [2.05, 4.69) is 4.74 Å². The van der Waals surface area contributed by atoms with Gasteiger partial charge in [-0.3, -0.25) is 24.1 Å². The molecule has 0 aliphatic carbocycles. The van der Waals surface area contributed by atoms with E-state index in [9.17, 15) is 19.2 Å². The molecule has 0 spiro atoms. The Kier molecular flexibility index (Phi) is 4.60. The first-order valence-corrected chi connectivity index (χ1v) is 7.67. The van der Waals surface area contributed by atoms with Gasteiger partial charge in [-0.25, -0.2) is 0 Å². The smallest absolute Gasteiger partial charge is 0.318 e. The third-order valence-corrected chi connectivity index (χ3v) is 4.18. The van der Waals surface area contributed by atoms with Crippen molar-refractivity contribution in [3.8, 4) is 0 Å². The highest BCUT2D eigenvalue weighted by Gasteiger charge is 2.40. The molecule has 128 valence electrons. The molecule has 1 aliphatic rings. The monoisotopic (exact) mass is 331 g/mol. The standard InChI is InChI=1S/C18H21NO5/c1-10(20)14(17(23)24-5)9-19-15(21)12-7-6-11(18(2,3)4)8-13(12)16(19)22/h6-8,14H,9H2,1-5H3. The highest BCUT2D eigenvalue weighted by Crippen LogP contribution is 2.30. The number of methoxy groups -OCH3 is 1. The Morgan fingerprint density at radius 1 is 1.12 bits per heavy atom. The number of carbonyl (C=O) groups is 4. The topological polar surface area (TPSA) is 80.8 Å². The highest BCUT2D eigenvalue weighted by atomic mass is 16.5. The SMILES string of the molecule is COC(=O)C(CN1C(=O)c2ccc(C(C)(C)C)cc2C1=O)C(C)=O. The highest BCUT2D eigenvalue weighted by molar-refractivity contribution is 6.21. The number of ketones is 1. The number of hydrogen-bond acceptors (Lipinski definition) is 5. The van der Waals surface area contributed by atoms with Crippen molar-refractivity contribution in [2.24, 2.45) is 5.92 Å². The molecule has 6 nitrogen and oxygen atoms in total. The van der Waals surface area contributed by atoms with Gasteiger partial charge in [-0.15, -0.1) is 0 Å². The Hall–Kier alpha value is -2.50. The zero-order valence-corrected chi connectivity index (χ0v) is 14.5. The maximum absolute atomic E-state index is 12.6. The molecule has 2 rings (SSSR count). The van der Waals surface area contributed by atoms with E-state index in [0.29, 0.717) is 11.1 Å². The summed E-state index contributed by atoms with van der Waals surface area (Å²) in [6, 6.07) is 5.14. The lowest BCUT2D eigenvalue weighted by Gasteiger charge is -2.19. The summed E-state index contributed by atoms with van der Waals surface area (Å²) < 4.78 is 4.59. The Labute approximate surface area is 140 Å². The van der Waals surface area contributed by atoms with Gasteiger partial charge < -0.3 is 4.74 Å². The molecular formula is C18H21NO5. The van der Waals surface area contributed by atoms with Crippen LogP contribution in [0.2, 0.25) is 0 Å². The van der Waals surface area contributed by atoms with Crippen LogP contribution in [0.4, 0.5) is 0 Å². The molecule has 24 heavy (non-hydrogen) atoms. The molecule has 1 heterocycles. The van der Waals surface area contributed by atoms with Gasteiger partial charge in [-0.1, -0.05) is 26.8 Å². The van der Waals surface area contributed by atoms with Gasteiger partial charge in [0.25, 0.3) is 11.8 Å². The van der Waals surface area contributed by atoms with E-state index < -0.39 is 29.5 Å². The molecule has 0 fully saturated rings. The molecule has 1 aliphatic heterocycles. The van der Waals surface area contributed by atoms with Crippen molar-refractivity contribution in [2.75, 3.05) is 13.7 Å². The predicted octanol–water partition coefficient (Wildman–Crippen LogP) is 1.96. The van der Waals surface area contributed by atoms with E-state index in [1.165, 1.54) is 6.92 Å². The molecule has 0 saturated heterocycles. The lowest BCUT2D eigenvalue weighted by atomic mass is 9.85. The zero-order chi connectivity index (χ0) is 18.2. The molecule has 0 aromatic heterocycles. The molecular weight excluding hydrogens is 310 g/mol. The summed E-state index contributed by atoms with van der Waals surface area (Å²) in [6.07, 6.45) is 0. The van der Waals surface area contributed by atoms with Crippen LogP contribution in [0.25, 0.3) is 0 Å². The van der Waals surface area contributed by atoms with Gasteiger partial charge in [0.15, 0.2) is 0 Å². The largest absolute Gasteiger partial charge is 0.468 e. The van der Waals surface area contributed by atoms with E-state index in [4.69, 9.17) is 0 Å². The quantitative estimate of drug-likeness (QED) is 0.478. The fourth-order valence-corrected chi connectivity index (χ4v) is 2.62. The summed E-state index contributed by atoms with van der Waals surface area (Å²) in [4.78, 5) is 49.4. The average Bonchev–Trinajstić information content (AvgIpc) is 2.74. The first-order valence-electron chi connectivity index (χ1n) is 7.67. The third kappa shape index (κ3) is 3.09. The minimum Gasteiger partial charge on any atom is -0.468 e. The first-order chi connectivity index (χ1) is 11.1. The Morgan fingerprint density at radius 3 is 2.21 bits per heavy atom. The lowest BCUT2D eigenvalue weighted by molar-refractivity contribution is -0.149. The van der Waals surface area contributed by atoms with Gasteiger partial charge in [-0.05, 0) is 30.0 Å². The zero-order valence-electron chi connectivity index (χ0n) is 14.5. The summed E-state index contributed by atoms with van der Waals surface area (Å²) in [6.45, 7) is 6.96. The molecule has 0 N–H and O–H groups in total. The van der Waals surface area contributed by atoms with E-state index in [0.717, 1.165) is 17.6 Å². The minimum absolute atomic E-state index is 0.167. The minimum atomic E-state index is -1.17. The molecule has 1 atom stereocenters. The maximum Gasteiger partial charge on any atom is 0.318 e. The fraction of sp³-hybridized carbons (Fsp3) is 0.444. The number of benzene rings is 1. The third-order valence-electron chi connectivity index (χ3n) is 4.18. The molecule has 2 amide bonds. The number of ether oxygens (including phenoxy) is 1. The van der Waals surface area contributed by atoms with Gasteiger partial charge in [0.05, 0.1) is 18.2 Å². The number of carbonyl (C=O) groups excluding carboxylic acids is 4. The van der Waals surface area contributed by atoms with Crippen LogP contribution < -0.4 is 0 Å². The number of Topliss-reactive ketones (excluding diaryl/α,β-unsaturated/α-hetero) is 1. The lowest BCUT2D eigenvalue weighted by Crippen LogP contribution is -2.40. The second kappa shape index (κ2) is 6.19. The number of esters is 1. The van der Waals surface area contributed by atoms with Crippen molar-refractivity contribution >= 4 is 23.6 Å². The summed E-state index contributed by atoms with van der Waals surface area (Å²) >= 11 is 0. The number of imide groups is 1. The van der Waals surface area contributed by atoms with Gasteiger partial charge in [0.1, 0.15) is 11.7 Å². The predicted molar refractivity (Wildman–Crippen MR) is 86.7 cm³/mol. The van der Waals surface area contributed by atoms with Gasteiger partial charge in [0.2, 0.25) is 0 Å². The van der Waals surface area contributed by atoms with Crippen molar-refractivity contribution < 1.29 is 23.9 Å². The van der Waals surface area contributed by atoms with Crippen molar-refractivity contribution in [3.63, 3.8) is 0 Å². The second-order valence-electron chi connectivity index (χ2n) is 6.92. The van der Waals surface area contributed by atoms with E-state index in [1.807, 2.05) is 26.8 Å². The Balaban J connectivity index is 2.36. The van der Waals surface area contributed by atoms with Crippen LogP contribution in [0.15, 0.2) is 18.2 Å². The average molecular weight is 331 g/mol. The van der Waals surface area contributed by atoms with E-state index in [1.54, 1.807) is 12.1 Å². The molecule has 0 saturated carbocycles. The molecule has 6 heteroatoms. The summed E-state index contributed by atoms with van der Waals surface area (Å²) in [5.74, 6) is -3.36. The second-order valence-corrected chi connectivity index (χ2v) is 6.92. The molecule has 0 bridgehead atoms. The Bertz CT molecular complexity index is 729. The van der Waals surface area contributed by atoms with Gasteiger partial charge in [0, 0.05) is 6.54 Å². The molecule has 1 aromatic carbocycles. The van der Waals surface area contributed by atoms with Crippen molar-refractivity contribution in [1.29, 1.82) is 0 Å². The van der Waals surface area contributed by atoms with Crippen molar-refractivity contribution in [1.82, 2.24) is 4.90 Å². The van der Waals surface area contributed by atoms with Crippen LogP contribution in [-0.2, 0) is 19.7 Å². The summed E-state index contributed by atoms with van der Waals surface area (Å²) in [5.41, 5.74) is 1.36. The number of amides is 2.